The Bertz CT molecular complexity index is 894. The van der Waals surface area contributed by atoms with E-state index in [0.29, 0.717) is 9.23 Å². The molecule has 0 saturated carbocycles. The van der Waals surface area contributed by atoms with E-state index in [4.69, 9.17) is 17.0 Å². The minimum atomic E-state index is -0.989. The van der Waals surface area contributed by atoms with Gasteiger partial charge in [-0.15, -0.1) is 0 Å². The van der Waals surface area contributed by atoms with Crippen molar-refractivity contribution in [3.05, 3.63) is 70.6 Å². The summed E-state index contributed by atoms with van der Waals surface area (Å²) in [5.41, 5.74) is 1.58. The zero-order chi connectivity index (χ0) is 19.4. The first kappa shape index (κ1) is 19.1. The average molecular weight is 399 g/mol. The minimum absolute atomic E-state index is 0.216. The number of rotatable bonds is 6. The molecule has 1 heterocycles. The lowest BCUT2D eigenvalue weighted by Gasteiger charge is -2.26. The number of nitrogens with zero attached hydrogens (tertiary/aromatic N) is 1. The van der Waals surface area contributed by atoms with Crippen LogP contribution < -0.4 is 4.74 Å². The van der Waals surface area contributed by atoms with Crippen LogP contribution in [0.15, 0.2) is 59.5 Å². The van der Waals surface area contributed by atoms with E-state index in [1.807, 2.05) is 42.5 Å². The molecule has 0 aliphatic carbocycles. The number of amides is 1. The number of carboxylic acid groups (broad SMARTS) is 1. The molecule has 1 fully saturated rings. The lowest BCUT2D eigenvalue weighted by Crippen LogP contribution is -2.34. The summed E-state index contributed by atoms with van der Waals surface area (Å²) in [5.74, 6) is -0.543. The van der Waals surface area contributed by atoms with E-state index in [1.54, 1.807) is 25.3 Å². The Morgan fingerprint density at radius 3 is 2.48 bits per heavy atom. The molecule has 5 nitrogen and oxygen atoms in total. The topological polar surface area (TPSA) is 66.8 Å². The number of carbonyl (C=O) groups excluding carboxylic acids is 1. The molecule has 1 atom stereocenters. The standard InChI is InChI=1S/C20H17NO4S2/c1-25-15-9-7-13(8-10-15)11-17-19(24)21(20(26)27-17)16(12-18(22)23)14-5-3-2-4-6-14/h2-11,16H,12H2,1H3,(H,22,23)/b17-11-. The van der Waals surface area contributed by atoms with Gasteiger partial charge in [-0.1, -0.05) is 66.4 Å². The molecule has 27 heavy (non-hydrogen) atoms. The van der Waals surface area contributed by atoms with Crippen molar-refractivity contribution in [1.82, 2.24) is 4.90 Å². The van der Waals surface area contributed by atoms with Gasteiger partial charge in [0.2, 0.25) is 0 Å². The molecule has 1 N–H and O–H groups in total. The fourth-order valence-electron chi connectivity index (χ4n) is 2.80. The van der Waals surface area contributed by atoms with Gasteiger partial charge in [0.25, 0.3) is 5.91 Å². The van der Waals surface area contributed by atoms with Gasteiger partial charge in [0.15, 0.2) is 0 Å². The van der Waals surface area contributed by atoms with Crippen molar-refractivity contribution in [3.8, 4) is 5.75 Å². The van der Waals surface area contributed by atoms with Crippen LogP contribution in [0.4, 0.5) is 0 Å². The van der Waals surface area contributed by atoms with Crippen LogP contribution in [0, 0.1) is 0 Å². The maximum atomic E-state index is 13.0. The number of aliphatic carboxylic acids is 1. The predicted molar refractivity (Wildman–Crippen MR) is 109 cm³/mol. The third-order valence-electron chi connectivity index (χ3n) is 4.10. The Balaban J connectivity index is 1.91. The maximum absolute atomic E-state index is 13.0. The van der Waals surface area contributed by atoms with E-state index in [0.717, 1.165) is 16.9 Å². The van der Waals surface area contributed by atoms with Crippen molar-refractivity contribution in [1.29, 1.82) is 0 Å². The van der Waals surface area contributed by atoms with Crippen LogP contribution >= 0.6 is 24.0 Å². The molecule has 3 rings (SSSR count). The van der Waals surface area contributed by atoms with Gasteiger partial charge < -0.3 is 9.84 Å². The molecule has 7 heteroatoms. The van der Waals surface area contributed by atoms with Crippen LogP contribution in [0.5, 0.6) is 5.75 Å². The highest BCUT2D eigenvalue weighted by Crippen LogP contribution is 2.39. The molecule has 1 saturated heterocycles. The van der Waals surface area contributed by atoms with Crippen molar-refractivity contribution in [2.45, 2.75) is 12.5 Å². The van der Waals surface area contributed by atoms with E-state index < -0.39 is 12.0 Å². The van der Waals surface area contributed by atoms with Crippen molar-refractivity contribution >= 4 is 46.3 Å². The second-order valence-electron chi connectivity index (χ2n) is 5.85. The first-order valence-electron chi connectivity index (χ1n) is 8.17. The van der Waals surface area contributed by atoms with E-state index in [-0.39, 0.29) is 12.3 Å². The van der Waals surface area contributed by atoms with Crippen molar-refractivity contribution in [2.24, 2.45) is 0 Å². The Morgan fingerprint density at radius 2 is 1.89 bits per heavy atom. The number of methoxy groups -OCH3 is 1. The van der Waals surface area contributed by atoms with Crippen molar-refractivity contribution in [2.75, 3.05) is 7.11 Å². The van der Waals surface area contributed by atoms with E-state index in [9.17, 15) is 14.7 Å². The van der Waals surface area contributed by atoms with Crippen LogP contribution in [0.3, 0.4) is 0 Å². The molecule has 138 valence electrons. The highest BCUT2D eigenvalue weighted by atomic mass is 32.2. The first-order chi connectivity index (χ1) is 13.0. The van der Waals surface area contributed by atoms with Crippen molar-refractivity contribution in [3.63, 3.8) is 0 Å². The molecule has 0 radical (unpaired) electrons. The number of thiocarbonyl (C=S) groups is 1. The van der Waals surface area contributed by atoms with Gasteiger partial charge in [-0.05, 0) is 29.3 Å². The monoisotopic (exact) mass is 399 g/mol. The summed E-state index contributed by atoms with van der Waals surface area (Å²) in [5, 5.41) is 9.31. The molecule has 2 aromatic rings. The van der Waals surface area contributed by atoms with Crippen LogP contribution in [0.2, 0.25) is 0 Å². The second-order valence-corrected chi connectivity index (χ2v) is 7.52. The number of hydrogen-bond acceptors (Lipinski definition) is 5. The summed E-state index contributed by atoms with van der Waals surface area (Å²) in [7, 11) is 1.59. The van der Waals surface area contributed by atoms with Gasteiger partial charge in [-0.2, -0.15) is 0 Å². The van der Waals surface area contributed by atoms with E-state index in [1.165, 1.54) is 16.7 Å². The molecule has 2 aromatic carbocycles. The number of thioether (sulfide) groups is 1. The third kappa shape index (κ3) is 4.37. The molecule has 1 amide bonds. The SMILES string of the molecule is COc1ccc(/C=C2\SC(=S)N(C(CC(=O)O)c3ccccc3)C2=O)cc1. The Kier molecular flexibility index (Phi) is 5.93. The lowest BCUT2D eigenvalue weighted by atomic mass is 10.0. The van der Waals surface area contributed by atoms with Gasteiger partial charge >= 0.3 is 5.97 Å². The maximum Gasteiger partial charge on any atom is 0.305 e. The summed E-state index contributed by atoms with van der Waals surface area (Å²) in [4.78, 5) is 26.2. The molecule has 1 aliphatic heterocycles. The van der Waals surface area contributed by atoms with Gasteiger partial charge in [-0.3, -0.25) is 14.5 Å². The first-order valence-corrected chi connectivity index (χ1v) is 9.40. The smallest absolute Gasteiger partial charge is 0.305 e. The average Bonchev–Trinajstić information content (AvgIpc) is 2.94. The van der Waals surface area contributed by atoms with Crippen LogP contribution in [-0.4, -0.2) is 33.3 Å². The largest absolute Gasteiger partial charge is 0.497 e. The Hall–Kier alpha value is -2.64. The minimum Gasteiger partial charge on any atom is -0.497 e. The van der Waals surface area contributed by atoms with Crippen LogP contribution in [0.1, 0.15) is 23.6 Å². The fourth-order valence-corrected chi connectivity index (χ4v) is 4.16. The Morgan fingerprint density at radius 1 is 1.22 bits per heavy atom. The summed E-state index contributed by atoms with van der Waals surface area (Å²) in [6, 6.07) is 15.7. The summed E-state index contributed by atoms with van der Waals surface area (Å²) >= 11 is 6.58. The molecular weight excluding hydrogens is 382 g/mol. The van der Waals surface area contributed by atoms with Crippen LogP contribution in [-0.2, 0) is 9.59 Å². The molecule has 1 aliphatic rings. The number of carbonyl (C=O) groups is 2. The summed E-state index contributed by atoms with van der Waals surface area (Å²) in [6.07, 6.45) is 1.54. The predicted octanol–water partition coefficient (Wildman–Crippen LogP) is 4.11. The lowest BCUT2D eigenvalue weighted by molar-refractivity contribution is -0.138. The second kappa shape index (κ2) is 8.37. The van der Waals surface area contributed by atoms with Crippen molar-refractivity contribution < 1.29 is 19.4 Å². The molecule has 0 aromatic heterocycles. The summed E-state index contributed by atoms with van der Waals surface area (Å²) < 4.78 is 5.49. The zero-order valence-electron chi connectivity index (χ0n) is 14.5. The van der Waals surface area contributed by atoms with Gasteiger partial charge in [0.1, 0.15) is 10.1 Å². The summed E-state index contributed by atoms with van der Waals surface area (Å²) in [6.45, 7) is 0. The number of ether oxygens (including phenoxy) is 1. The van der Waals surface area contributed by atoms with E-state index in [2.05, 4.69) is 0 Å². The Labute approximate surface area is 166 Å². The number of benzene rings is 2. The quantitative estimate of drug-likeness (QED) is 0.582. The van der Waals surface area contributed by atoms with Gasteiger partial charge in [0, 0.05) is 0 Å². The fraction of sp³-hybridized carbons (Fsp3) is 0.150. The number of carboxylic acids is 1. The van der Waals surface area contributed by atoms with Crippen LogP contribution in [0.25, 0.3) is 6.08 Å². The molecule has 0 bridgehead atoms. The van der Waals surface area contributed by atoms with E-state index >= 15 is 0 Å². The highest BCUT2D eigenvalue weighted by molar-refractivity contribution is 8.26. The number of hydrogen-bond donors (Lipinski definition) is 1. The molecule has 1 unspecified atom stereocenters. The molecule has 0 spiro atoms. The normalized spacial score (nSPS) is 16.6. The highest BCUT2D eigenvalue weighted by Gasteiger charge is 2.38. The third-order valence-corrected chi connectivity index (χ3v) is 5.43. The zero-order valence-corrected chi connectivity index (χ0v) is 16.1. The molecular formula is C20H17NO4S2. The van der Waals surface area contributed by atoms with Gasteiger partial charge in [-0.25, -0.2) is 0 Å². The van der Waals surface area contributed by atoms with Gasteiger partial charge in [0.05, 0.1) is 24.5 Å².